The van der Waals surface area contributed by atoms with Crippen molar-refractivity contribution in [1.29, 1.82) is 0 Å². The van der Waals surface area contributed by atoms with Gasteiger partial charge in [0.1, 0.15) is 0 Å². The summed E-state index contributed by atoms with van der Waals surface area (Å²) in [5, 5.41) is 0. The molecule has 0 spiro atoms. The van der Waals surface area contributed by atoms with Crippen LogP contribution in [0.2, 0.25) is 0 Å². The molecule has 1 rings (SSSR count). The first-order valence-electron chi connectivity index (χ1n) is 4.22. The van der Waals surface area contributed by atoms with Gasteiger partial charge in [-0.15, -0.1) is 13.2 Å². The van der Waals surface area contributed by atoms with Crippen molar-refractivity contribution in [3.05, 3.63) is 67.8 Å². The van der Waals surface area contributed by atoms with Crippen molar-refractivity contribution in [2.75, 3.05) is 0 Å². The zero-order valence-corrected chi connectivity index (χ0v) is 8.16. The highest BCUT2D eigenvalue weighted by Crippen LogP contribution is 2.13. The van der Waals surface area contributed by atoms with Gasteiger partial charge < -0.3 is 0 Å². The molecule has 1 aromatic carbocycles. The average Bonchev–Trinajstić information content (AvgIpc) is 2.24. The molecule has 0 heterocycles. The molecule has 0 radical (unpaired) electrons. The van der Waals surface area contributed by atoms with E-state index in [2.05, 4.69) is 37.9 Å². The third-order valence-corrected chi connectivity index (χ3v) is 1.64. The summed E-state index contributed by atoms with van der Waals surface area (Å²) < 4.78 is 0. The molecule has 0 N–H and O–H groups in total. The maximum Gasteiger partial charge on any atom is -0.0188 e. The number of hydrogen-bond donors (Lipinski definition) is 0. The minimum Gasteiger partial charge on any atom is -0.106 e. The molecule has 0 aliphatic rings. The van der Waals surface area contributed by atoms with E-state index in [9.17, 15) is 0 Å². The molecular weight excluding hydrogens is 156 g/mol. The Morgan fingerprint density at radius 3 is 2.08 bits per heavy atom. The molecule has 0 saturated carbocycles. The first-order valence-corrected chi connectivity index (χ1v) is 4.22. The average molecular weight is 172 g/mol. The fraction of sp³-hybridized carbons (Fsp3) is 0.0769. The van der Waals surface area contributed by atoms with Crippen LogP contribution in [0.15, 0.2) is 62.2 Å². The summed E-state index contributed by atoms with van der Waals surface area (Å²) in [4.78, 5) is 0. The lowest BCUT2D eigenvalue weighted by Crippen LogP contribution is -1.76. The topological polar surface area (TPSA) is 0 Å². The Bertz CT molecular complexity index is 267. The van der Waals surface area contributed by atoms with Gasteiger partial charge in [-0.3, -0.25) is 0 Å². The van der Waals surface area contributed by atoms with Gasteiger partial charge in [-0.1, -0.05) is 49.1 Å². The van der Waals surface area contributed by atoms with Crippen LogP contribution in [0.25, 0.3) is 5.57 Å². The Kier molecular flexibility index (Phi) is 6.26. The van der Waals surface area contributed by atoms with E-state index >= 15 is 0 Å². The first-order chi connectivity index (χ1) is 6.38. The Hall–Kier alpha value is -1.56. The Labute approximate surface area is 80.9 Å². The SMILES string of the molecule is C=C.C=C/C(=C\C)c1ccccc1. The third-order valence-electron chi connectivity index (χ3n) is 1.64. The molecule has 0 nitrogen and oxygen atoms in total. The predicted octanol–water partition coefficient (Wildman–Crippen LogP) is 4.08. The first kappa shape index (κ1) is 11.4. The lowest BCUT2D eigenvalue weighted by Gasteiger charge is -1.98. The molecule has 0 atom stereocenters. The third kappa shape index (κ3) is 3.57. The van der Waals surface area contributed by atoms with Gasteiger partial charge in [-0.05, 0) is 18.1 Å². The predicted molar refractivity (Wildman–Crippen MR) is 61.5 cm³/mol. The van der Waals surface area contributed by atoms with Gasteiger partial charge in [-0.2, -0.15) is 0 Å². The summed E-state index contributed by atoms with van der Waals surface area (Å²) in [7, 11) is 0. The zero-order valence-electron chi connectivity index (χ0n) is 8.16. The van der Waals surface area contributed by atoms with E-state index in [0.29, 0.717) is 0 Å². The maximum atomic E-state index is 3.74. The van der Waals surface area contributed by atoms with Crippen molar-refractivity contribution in [2.45, 2.75) is 6.92 Å². The lowest BCUT2D eigenvalue weighted by molar-refractivity contribution is 1.60. The highest BCUT2D eigenvalue weighted by Gasteiger charge is 1.91. The van der Waals surface area contributed by atoms with Crippen LogP contribution in [-0.2, 0) is 0 Å². The molecule has 0 fully saturated rings. The maximum absolute atomic E-state index is 3.74. The van der Waals surface area contributed by atoms with E-state index < -0.39 is 0 Å². The van der Waals surface area contributed by atoms with E-state index in [1.54, 1.807) is 0 Å². The van der Waals surface area contributed by atoms with Crippen molar-refractivity contribution >= 4 is 5.57 Å². The number of hydrogen-bond acceptors (Lipinski definition) is 0. The molecule has 13 heavy (non-hydrogen) atoms. The van der Waals surface area contributed by atoms with Gasteiger partial charge in [0.05, 0.1) is 0 Å². The second-order valence-electron chi connectivity index (χ2n) is 2.31. The van der Waals surface area contributed by atoms with E-state index in [0.717, 1.165) is 0 Å². The summed E-state index contributed by atoms with van der Waals surface area (Å²) in [6, 6.07) is 10.2. The molecule has 0 aliphatic heterocycles. The Morgan fingerprint density at radius 2 is 1.69 bits per heavy atom. The second-order valence-corrected chi connectivity index (χ2v) is 2.31. The van der Waals surface area contributed by atoms with Gasteiger partial charge in [0, 0.05) is 0 Å². The van der Waals surface area contributed by atoms with Crippen LogP contribution in [0.3, 0.4) is 0 Å². The van der Waals surface area contributed by atoms with Gasteiger partial charge >= 0.3 is 0 Å². The Morgan fingerprint density at radius 1 is 1.15 bits per heavy atom. The van der Waals surface area contributed by atoms with Crippen LogP contribution < -0.4 is 0 Å². The van der Waals surface area contributed by atoms with Crippen molar-refractivity contribution in [3.8, 4) is 0 Å². The van der Waals surface area contributed by atoms with E-state index in [1.165, 1.54) is 11.1 Å². The molecule has 68 valence electrons. The van der Waals surface area contributed by atoms with Crippen LogP contribution in [0.1, 0.15) is 12.5 Å². The van der Waals surface area contributed by atoms with Crippen molar-refractivity contribution < 1.29 is 0 Å². The zero-order chi connectivity index (χ0) is 10.1. The van der Waals surface area contributed by atoms with Crippen LogP contribution in [0, 0.1) is 0 Å². The standard InChI is InChI=1S/C11H12.C2H4/c1-3-10(4-2)11-8-6-5-7-9-11;1-2/h3-9H,1H2,2H3;1-2H2/b10-4+;. The monoisotopic (exact) mass is 172 g/mol. The summed E-state index contributed by atoms with van der Waals surface area (Å²) in [5.41, 5.74) is 2.41. The van der Waals surface area contributed by atoms with Gasteiger partial charge in [0.25, 0.3) is 0 Å². The second kappa shape index (κ2) is 7.11. The summed E-state index contributed by atoms with van der Waals surface area (Å²) in [5.74, 6) is 0. The molecule has 0 saturated heterocycles. The summed E-state index contributed by atoms with van der Waals surface area (Å²) in [6.45, 7) is 11.8. The van der Waals surface area contributed by atoms with E-state index in [-0.39, 0.29) is 0 Å². The van der Waals surface area contributed by atoms with Crippen LogP contribution in [0.5, 0.6) is 0 Å². The quantitative estimate of drug-likeness (QED) is 0.466. The lowest BCUT2D eigenvalue weighted by atomic mass is 10.1. The van der Waals surface area contributed by atoms with E-state index in [1.807, 2.05) is 31.2 Å². The van der Waals surface area contributed by atoms with Gasteiger partial charge in [0.15, 0.2) is 0 Å². The van der Waals surface area contributed by atoms with Crippen LogP contribution in [0.4, 0.5) is 0 Å². The van der Waals surface area contributed by atoms with Crippen molar-refractivity contribution in [3.63, 3.8) is 0 Å². The fourth-order valence-electron chi connectivity index (χ4n) is 1.03. The molecule has 0 amide bonds. The van der Waals surface area contributed by atoms with Gasteiger partial charge in [-0.25, -0.2) is 0 Å². The minimum absolute atomic E-state index is 1.19. The Balaban J connectivity index is 0.000000671. The smallest absolute Gasteiger partial charge is 0.0188 e. The van der Waals surface area contributed by atoms with Gasteiger partial charge in [0.2, 0.25) is 0 Å². The van der Waals surface area contributed by atoms with Crippen LogP contribution >= 0.6 is 0 Å². The number of benzene rings is 1. The van der Waals surface area contributed by atoms with E-state index in [4.69, 9.17) is 0 Å². The fourth-order valence-corrected chi connectivity index (χ4v) is 1.03. The normalized spacial score (nSPS) is 9.77. The van der Waals surface area contributed by atoms with Crippen molar-refractivity contribution in [2.24, 2.45) is 0 Å². The molecule has 0 unspecified atom stereocenters. The molecular formula is C13H16. The largest absolute Gasteiger partial charge is 0.106 e. The minimum atomic E-state index is 1.19. The van der Waals surface area contributed by atoms with Crippen molar-refractivity contribution in [1.82, 2.24) is 0 Å². The molecule has 0 aromatic heterocycles. The highest BCUT2D eigenvalue weighted by molar-refractivity contribution is 5.72. The molecule has 0 bridgehead atoms. The summed E-state index contributed by atoms with van der Waals surface area (Å²) >= 11 is 0. The molecule has 1 aromatic rings. The number of allylic oxidation sites excluding steroid dienone is 3. The highest BCUT2D eigenvalue weighted by atomic mass is 14.0. The molecule has 0 heteroatoms. The molecule has 0 aliphatic carbocycles. The van der Waals surface area contributed by atoms with Crippen LogP contribution in [-0.4, -0.2) is 0 Å². The summed E-state index contributed by atoms with van der Waals surface area (Å²) in [6.07, 6.45) is 3.93. The number of rotatable bonds is 2.